The molecule has 0 saturated carbocycles. The van der Waals surface area contributed by atoms with Crippen molar-refractivity contribution in [2.75, 3.05) is 22.6 Å². The Hall–Kier alpha value is -3.85. The van der Waals surface area contributed by atoms with Gasteiger partial charge < -0.3 is 20.1 Å². The molecule has 5 aromatic rings. The first-order chi connectivity index (χ1) is 16.3. The maximum atomic E-state index is 4.73. The third-order valence-electron chi connectivity index (χ3n) is 6.04. The third kappa shape index (κ3) is 4.59. The predicted octanol–water partition coefficient (Wildman–Crippen LogP) is 5.31. The van der Waals surface area contributed by atoms with E-state index in [9.17, 15) is 0 Å². The monoisotopic (exact) mass is 491 g/mol. The number of hydrogen-bond acceptors (Lipinski definition) is 7. The first-order valence-corrected chi connectivity index (χ1v) is 11.3. The second-order valence-corrected chi connectivity index (χ2v) is 8.83. The topological polar surface area (TPSA) is 88.7 Å². The number of nitrogens with one attached hydrogen (secondary N) is 2. The average Bonchev–Trinajstić information content (AvgIpc) is 3.27. The fraction of sp³-hybridized carbons (Fsp3) is 0.280. The molecule has 2 N–H and O–H groups in total. The molecule has 0 aliphatic rings. The molecule has 35 heavy (non-hydrogen) atoms. The summed E-state index contributed by atoms with van der Waals surface area (Å²) in [7, 11) is 5.97. The molecule has 0 saturated heterocycles. The standard InChI is InChI=1S/C25H29N9.ClH/c1-15(2)27-25-29-21-13-17(7-10-22(21)33(25)5)28-24-26-12-11-23(30-24)32(4)18-8-9-19-16(3)34(6)31-20(19)14-18;/h7-15H,1-6H3,(H,27,29)(H,26,28,30);1H. The SMILES string of the molecule is Cc1c2ccc(N(C)c3ccnc(Nc4ccc5c(c4)nc(NC(C)C)n5C)n3)cc2nn1C.Cl. The number of aromatic nitrogens is 6. The summed E-state index contributed by atoms with van der Waals surface area (Å²) >= 11 is 0. The zero-order valence-electron chi connectivity index (χ0n) is 20.7. The van der Waals surface area contributed by atoms with Crippen LogP contribution in [0.4, 0.5) is 29.1 Å². The minimum atomic E-state index is 0. The highest BCUT2D eigenvalue weighted by Crippen LogP contribution is 2.28. The van der Waals surface area contributed by atoms with Crippen LogP contribution in [0.3, 0.4) is 0 Å². The van der Waals surface area contributed by atoms with Crippen LogP contribution in [0.25, 0.3) is 21.9 Å². The molecule has 0 amide bonds. The van der Waals surface area contributed by atoms with Gasteiger partial charge in [-0.15, -0.1) is 12.4 Å². The van der Waals surface area contributed by atoms with Gasteiger partial charge in [-0.05, 0) is 63.2 Å². The van der Waals surface area contributed by atoms with Crippen molar-refractivity contribution in [2.45, 2.75) is 26.8 Å². The molecule has 3 aromatic heterocycles. The van der Waals surface area contributed by atoms with E-state index in [4.69, 9.17) is 9.97 Å². The second kappa shape index (κ2) is 9.42. The summed E-state index contributed by atoms with van der Waals surface area (Å²) in [5.74, 6) is 2.16. The number of benzene rings is 2. The van der Waals surface area contributed by atoms with Gasteiger partial charge in [0.2, 0.25) is 11.9 Å². The van der Waals surface area contributed by atoms with Crippen LogP contribution in [0.2, 0.25) is 0 Å². The van der Waals surface area contributed by atoms with Gasteiger partial charge in [0.15, 0.2) is 0 Å². The van der Waals surface area contributed by atoms with E-state index in [-0.39, 0.29) is 12.4 Å². The average molecular weight is 492 g/mol. The Morgan fingerprint density at radius 2 is 1.77 bits per heavy atom. The highest BCUT2D eigenvalue weighted by molar-refractivity contribution is 5.86. The summed E-state index contributed by atoms with van der Waals surface area (Å²) in [6, 6.07) is 14.6. The molecule has 0 aliphatic heterocycles. The van der Waals surface area contributed by atoms with Crippen molar-refractivity contribution < 1.29 is 0 Å². The van der Waals surface area contributed by atoms with Crippen LogP contribution in [0.15, 0.2) is 48.7 Å². The van der Waals surface area contributed by atoms with Gasteiger partial charge in [0.05, 0.1) is 16.6 Å². The Balaban J connectivity index is 0.00000289. The van der Waals surface area contributed by atoms with Crippen LogP contribution in [0, 0.1) is 6.92 Å². The maximum absolute atomic E-state index is 4.73. The molecule has 2 aromatic carbocycles. The van der Waals surface area contributed by atoms with Crippen LogP contribution in [0.5, 0.6) is 0 Å². The number of nitrogens with zero attached hydrogens (tertiary/aromatic N) is 7. The summed E-state index contributed by atoms with van der Waals surface area (Å²) in [5.41, 5.74) is 5.97. The van der Waals surface area contributed by atoms with Gasteiger partial charge in [-0.3, -0.25) is 4.68 Å². The summed E-state index contributed by atoms with van der Waals surface area (Å²) in [6.07, 6.45) is 1.76. The van der Waals surface area contributed by atoms with Gasteiger partial charge in [-0.1, -0.05) is 0 Å². The molecule has 0 spiro atoms. The third-order valence-corrected chi connectivity index (χ3v) is 6.04. The first-order valence-electron chi connectivity index (χ1n) is 11.3. The molecule has 0 radical (unpaired) electrons. The van der Waals surface area contributed by atoms with Crippen LogP contribution in [-0.2, 0) is 14.1 Å². The molecule has 0 unspecified atom stereocenters. The Morgan fingerprint density at radius 1 is 0.971 bits per heavy atom. The van der Waals surface area contributed by atoms with Crippen molar-refractivity contribution in [3.8, 4) is 0 Å². The number of fused-ring (bicyclic) bond motifs is 2. The first kappa shape index (κ1) is 24.3. The molecule has 9 nitrogen and oxygen atoms in total. The van der Waals surface area contributed by atoms with Crippen molar-refractivity contribution in [3.05, 3.63) is 54.4 Å². The van der Waals surface area contributed by atoms with E-state index in [2.05, 4.69) is 70.3 Å². The number of rotatable bonds is 6. The molecule has 0 fully saturated rings. The summed E-state index contributed by atoms with van der Waals surface area (Å²) in [4.78, 5) is 15.9. The predicted molar refractivity (Wildman–Crippen MR) is 146 cm³/mol. The molecule has 182 valence electrons. The van der Waals surface area contributed by atoms with Crippen LogP contribution >= 0.6 is 12.4 Å². The number of anilines is 5. The van der Waals surface area contributed by atoms with Crippen molar-refractivity contribution >= 4 is 63.4 Å². The van der Waals surface area contributed by atoms with E-state index in [0.29, 0.717) is 12.0 Å². The summed E-state index contributed by atoms with van der Waals surface area (Å²) in [6.45, 7) is 6.28. The number of aryl methyl sites for hydroxylation is 3. The Kier molecular flexibility index (Phi) is 6.53. The molecular formula is C25H30ClN9. The number of imidazole rings is 1. The van der Waals surface area contributed by atoms with Gasteiger partial charge in [0.25, 0.3) is 0 Å². The quantitative estimate of drug-likeness (QED) is 0.332. The minimum Gasteiger partial charge on any atom is -0.353 e. The van der Waals surface area contributed by atoms with Gasteiger partial charge in [-0.25, -0.2) is 9.97 Å². The fourth-order valence-electron chi connectivity index (χ4n) is 4.05. The smallest absolute Gasteiger partial charge is 0.229 e. The molecule has 10 heteroatoms. The number of halogens is 1. The molecule has 0 aliphatic carbocycles. The van der Waals surface area contributed by atoms with E-state index in [1.54, 1.807) is 6.20 Å². The highest BCUT2D eigenvalue weighted by atomic mass is 35.5. The Bertz CT molecular complexity index is 1500. The maximum Gasteiger partial charge on any atom is 0.229 e. The molecule has 0 bridgehead atoms. The lowest BCUT2D eigenvalue weighted by atomic mass is 10.2. The molecular weight excluding hydrogens is 462 g/mol. The van der Waals surface area contributed by atoms with Crippen molar-refractivity contribution in [1.29, 1.82) is 0 Å². The van der Waals surface area contributed by atoms with E-state index in [0.717, 1.165) is 50.8 Å². The van der Waals surface area contributed by atoms with Gasteiger partial charge in [0, 0.05) is 55.8 Å². The largest absolute Gasteiger partial charge is 0.353 e. The van der Waals surface area contributed by atoms with Crippen LogP contribution in [0.1, 0.15) is 19.5 Å². The number of hydrogen-bond donors (Lipinski definition) is 2. The second-order valence-electron chi connectivity index (χ2n) is 8.83. The van der Waals surface area contributed by atoms with Crippen LogP contribution < -0.4 is 15.5 Å². The van der Waals surface area contributed by atoms with Gasteiger partial charge >= 0.3 is 0 Å². The van der Waals surface area contributed by atoms with Gasteiger partial charge in [-0.2, -0.15) is 10.1 Å². The normalized spacial score (nSPS) is 11.2. The van der Waals surface area contributed by atoms with E-state index >= 15 is 0 Å². The van der Waals surface area contributed by atoms with Crippen molar-refractivity contribution in [1.82, 2.24) is 29.3 Å². The lowest BCUT2D eigenvalue weighted by Crippen LogP contribution is -2.13. The molecule has 0 atom stereocenters. The Morgan fingerprint density at radius 3 is 2.54 bits per heavy atom. The Labute approximate surface area is 210 Å². The molecule has 5 rings (SSSR count). The summed E-state index contributed by atoms with van der Waals surface area (Å²) < 4.78 is 3.96. The van der Waals surface area contributed by atoms with E-state index in [1.807, 2.05) is 48.9 Å². The minimum absolute atomic E-state index is 0. The van der Waals surface area contributed by atoms with Crippen LogP contribution in [-0.4, -0.2) is 42.4 Å². The van der Waals surface area contributed by atoms with E-state index in [1.165, 1.54) is 0 Å². The highest BCUT2D eigenvalue weighted by Gasteiger charge is 2.12. The fourth-order valence-corrected chi connectivity index (χ4v) is 4.05. The lowest BCUT2D eigenvalue weighted by Gasteiger charge is -2.19. The summed E-state index contributed by atoms with van der Waals surface area (Å²) in [5, 5.41) is 12.5. The lowest BCUT2D eigenvalue weighted by molar-refractivity contribution is 0.751. The van der Waals surface area contributed by atoms with E-state index < -0.39 is 0 Å². The zero-order valence-corrected chi connectivity index (χ0v) is 21.6. The molecule has 3 heterocycles. The van der Waals surface area contributed by atoms with Crippen molar-refractivity contribution in [2.24, 2.45) is 14.1 Å². The zero-order chi connectivity index (χ0) is 24.0. The van der Waals surface area contributed by atoms with Gasteiger partial charge in [0.1, 0.15) is 5.82 Å². The van der Waals surface area contributed by atoms with Crippen molar-refractivity contribution in [3.63, 3.8) is 0 Å².